The van der Waals surface area contributed by atoms with Gasteiger partial charge in [0.2, 0.25) is 0 Å². The lowest BCUT2D eigenvalue weighted by atomic mass is 9.96. The highest BCUT2D eigenvalue weighted by atomic mass is 32.1. The van der Waals surface area contributed by atoms with E-state index >= 15 is 0 Å². The van der Waals surface area contributed by atoms with Gasteiger partial charge in [0.25, 0.3) is 0 Å². The highest BCUT2D eigenvalue weighted by Crippen LogP contribution is 2.44. The molecule has 1 saturated heterocycles. The summed E-state index contributed by atoms with van der Waals surface area (Å²) in [5.41, 5.74) is 1.44. The molecule has 0 N–H and O–H groups in total. The molecule has 2 aromatic heterocycles. The largest absolute Gasteiger partial charge is 0.372 e. The maximum atomic E-state index is 5.93. The van der Waals surface area contributed by atoms with Gasteiger partial charge in [0, 0.05) is 23.9 Å². The molecule has 128 valence electrons. The van der Waals surface area contributed by atoms with Gasteiger partial charge in [-0.25, -0.2) is 9.97 Å². The smallest absolute Gasteiger partial charge is 0.141 e. The van der Waals surface area contributed by atoms with E-state index in [-0.39, 0.29) is 5.60 Å². The fourth-order valence-electron chi connectivity index (χ4n) is 4.10. The van der Waals surface area contributed by atoms with Crippen LogP contribution in [0.15, 0.2) is 0 Å². The summed E-state index contributed by atoms with van der Waals surface area (Å²) < 4.78 is 5.93. The molecule has 5 rings (SSSR count). The number of anilines is 1. The maximum Gasteiger partial charge on any atom is 0.141 e. The Kier molecular flexibility index (Phi) is 3.39. The van der Waals surface area contributed by atoms with Gasteiger partial charge in [-0.3, -0.25) is 0 Å². The average molecular weight is 343 g/mol. The zero-order valence-corrected chi connectivity index (χ0v) is 15.4. The number of aryl methyl sites for hydroxylation is 2. The van der Waals surface area contributed by atoms with Crippen molar-refractivity contribution in [1.82, 2.24) is 9.97 Å². The van der Waals surface area contributed by atoms with Crippen LogP contribution in [0.1, 0.15) is 61.7 Å². The van der Waals surface area contributed by atoms with E-state index in [1.54, 1.807) is 10.4 Å². The molecule has 2 aliphatic carbocycles. The van der Waals surface area contributed by atoms with Crippen LogP contribution in [0.5, 0.6) is 0 Å². The molecule has 0 unspecified atom stereocenters. The van der Waals surface area contributed by atoms with Gasteiger partial charge >= 0.3 is 0 Å². The monoisotopic (exact) mass is 343 g/mol. The number of hydrogen-bond acceptors (Lipinski definition) is 5. The van der Waals surface area contributed by atoms with Crippen molar-refractivity contribution in [3.05, 3.63) is 16.3 Å². The van der Waals surface area contributed by atoms with Crippen LogP contribution in [0.2, 0.25) is 0 Å². The van der Waals surface area contributed by atoms with Crippen molar-refractivity contribution >= 4 is 27.4 Å². The van der Waals surface area contributed by atoms with Crippen LogP contribution in [0.4, 0.5) is 5.82 Å². The van der Waals surface area contributed by atoms with E-state index in [1.807, 2.05) is 11.3 Å². The number of aromatic nitrogens is 2. The van der Waals surface area contributed by atoms with Crippen molar-refractivity contribution in [2.75, 3.05) is 24.6 Å². The molecule has 5 heteroatoms. The van der Waals surface area contributed by atoms with Crippen molar-refractivity contribution in [1.29, 1.82) is 0 Å². The minimum atomic E-state index is -0.106. The van der Waals surface area contributed by atoms with Crippen molar-refractivity contribution in [2.24, 2.45) is 0 Å². The van der Waals surface area contributed by atoms with E-state index < -0.39 is 0 Å². The summed E-state index contributed by atoms with van der Waals surface area (Å²) >= 11 is 1.93. The molecular formula is C19H25N3OS. The van der Waals surface area contributed by atoms with Crippen LogP contribution in [-0.4, -0.2) is 35.3 Å². The number of rotatable bonds is 2. The highest BCUT2D eigenvalue weighted by molar-refractivity contribution is 7.19. The standard InChI is InChI=1S/C19H25N3OS/c1-19(2)11-22(9-10-23-19)17-15-13-5-3-4-6-14(13)24-18(15)21-16(20-17)12-7-8-12/h12H,3-11H2,1-2H3. The lowest BCUT2D eigenvalue weighted by molar-refractivity contribution is -0.0278. The van der Waals surface area contributed by atoms with Crippen molar-refractivity contribution in [3.8, 4) is 0 Å². The fraction of sp³-hybridized carbons (Fsp3) is 0.684. The third kappa shape index (κ3) is 2.53. The lowest BCUT2D eigenvalue weighted by Crippen LogP contribution is -2.48. The topological polar surface area (TPSA) is 38.2 Å². The summed E-state index contributed by atoms with van der Waals surface area (Å²) in [6.45, 7) is 6.99. The maximum absolute atomic E-state index is 5.93. The Labute approximate surface area is 147 Å². The number of fused-ring (bicyclic) bond motifs is 3. The summed E-state index contributed by atoms with van der Waals surface area (Å²) in [5.74, 6) is 2.87. The SMILES string of the molecule is CC1(C)CN(c2nc(C3CC3)nc3sc4c(c23)CCCC4)CCO1. The first-order chi connectivity index (χ1) is 11.6. The van der Waals surface area contributed by atoms with Gasteiger partial charge in [-0.1, -0.05) is 0 Å². The first-order valence-electron chi connectivity index (χ1n) is 9.32. The van der Waals surface area contributed by atoms with Gasteiger partial charge in [0.05, 0.1) is 17.6 Å². The third-order valence-corrected chi connectivity index (χ3v) is 6.67. The van der Waals surface area contributed by atoms with Crippen LogP contribution >= 0.6 is 11.3 Å². The van der Waals surface area contributed by atoms with E-state index in [0.29, 0.717) is 5.92 Å². The van der Waals surface area contributed by atoms with E-state index in [0.717, 1.165) is 25.5 Å². The van der Waals surface area contributed by atoms with Crippen LogP contribution in [0.3, 0.4) is 0 Å². The molecule has 0 atom stereocenters. The van der Waals surface area contributed by atoms with Crippen LogP contribution in [0.25, 0.3) is 10.2 Å². The lowest BCUT2D eigenvalue weighted by Gasteiger charge is -2.39. The Hall–Kier alpha value is -1.20. The molecule has 2 fully saturated rings. The van der Waals surface area contributed by atoms with Crippen molar-refractivity contribution in [3.63, 3.8) is 0 Å². The molecule has 0 aromatic carbocycles. The molecule has 0 bridgehead atoms. The van der Waals surface area contributed by atoms with Gasteiger partial charge in [0.15, 0.2) is 0 Å². The molecule has 0 radical (unpaired) electrons. The predicted octanol–water partition coefficient (Wildman–Crippen LogP) is 4.06. The van der Waals surface area contributed by atoms with E-state index in [4.69, 9.17) is 14.7 Å². The Bertz CT molecular complexity index is 793. The Balaban J connectivity index is 1.68. The zero-order chi connectivity index (χ0) is 16.3. The van der Waals surface area contributed by atoms with E-state index in [2.05, 4.69) is 18.7 Å². The van der Waals surface area contributed by atoms with Gasteiger partial charge in [0.1, 0.15) is 16.5 Å². The Morgan fingerprint density at radius 2 is 2.00 bits per heavy atom. The summed E-state index contributed by atoms with van der Waals surface area (Å²) in [6, 6.07) is 0. The van der Waals surface area contributed by atoms with Crippen molar-refractivity contribution < 1.29 is 4.74 Å². The first kappa shape index (κ1) is 15.1. The number of ether oxygens (including phenoxy) is 1. The van der Waals surface area contributed by atoms with Crippen molar-refractivity contribution in [2.45, 2.75) is 63.9 Å². The molecular weight excluding hydrogens is 318 g/mol. The summed E-state index contributed by atoms with van der Waals surface area (Å²) in [6.07, 6.45) is 7.56. The number of nitrogens with zero attached hydrogens (tertiary/aromatic N) is 3. The van der Waals surface area contributed by atoms with Gasteiger partial charge in [-0.15, -0.1) is 11.3 Å². The molecule has 1 aliphatic heterocycles. The number of morpholine rings is 1. The molecule has 3 aliphatic rings. The summed E-state index contributed by atoms with van der Waals surface area (Å²) in [4.78, 5) is 15.3. The van der Waals surface area contributed by atoms with Crippen LogP contribution in [0, 0.1) is 0 Å². The highest BCUT2D eigenvalue weighted by Gasteiger charge is 2.33. The predicted molar refractivity (Wildman–Crippen MR) is 98.3 cm³/mol. The van der Waals surface area contributed by atoms with Gasteiger partial charge in [-0.05, 0) is 57.9 Å². The molecule has 4 nitrogen and oxygen atoms in total. The first-order valence-corrected chi connectivity index (χ1v) is 10.1. The quantitative estimate of drug-likeness (QED) is 0.824. The van der Waals surface area contributed by atoms with Crippen LogP contribution < -0.4 is 4.90 Å². The molecule has 0 spiro atoms. The molecule has 24 heavy (non-hydrogen) atoms. The number of thiophene rings is 1. The summed E-state index contributed by atoms with van der Waals surface area (Å²) in [5, 5.41) is 1.36. The second-order valence-electron chi connectivity index (χ2n) is 8.10. The second kappa shape index (κ2) is 5.40. The Morgan fingerprint density at radius 3 is 2.79 bits per heavy atom. The molecule has 2 aromatic rings. The molecule has 3 heterocycles. The van der Waals surface area contributed by atoms with Gasteiger partial charge < -0.3 is 9.64 Å². The molecule has 0 amide bonds. The normalized spacial score (nSPS) is 23.5. The third-order valence-electron chi connectivity index (χ3n) is 5.48. The van der Waals surface area contributed by atoms with Gasteiger partial charge in [-0.2, -0.15) is 0 Å². The average Bonchev–Trinajstić information content (AvgIpc) is 3.34. The zero-order valence-electron chi connectivity index (χ0n) is 14.6. The minimum Gasteiger partial charge on any atom is -0.372 e. The molecule has 1 saturated carbocycles. The second-order valence-corrected chi connectivity index (χ2v) is 9.18. The Morgan fingerprint density at radius 1 is 1.17 bits per heavy atom. The fourth-order valence-corrected chi connectivity index (χ4v) is 5.37. The van der Waals surface area contributed by atoms with E-state index in [9.17, 15) is 0 Å². The van der Waals surface area contributed by atoms with E-state index in [1.165, 1.54) is 54.6 Å². The minimum absolute atomic E-state index is 0.106. The van der Waals surface area contributed by atoms with Crippen LogP contribution in [-0.2, 0) is 17.6 Å². The summed E-state index contributed by atoms with van der Waals surface area (Å²) in [7, 11) is 0. The number of hydrogen-bond donors (Lipinski definition) is 0.